The van der Waals surface area contributed by atoms with Gasteiger partial charge in [0.05, 0.1) is 28.9 Å². The topological polar surface area (TPSA) is 138 Å². The maximum Gasteiger partial charge on any atom is 0.326 e. The molecule has 4 aromatic rings. The van der Waals surface area contributed by atoms with Crippen molar-refractivity contribution in [2.45, 2.75) is 57.6 Å². The molecule has 12 nitrogen and oxygen atoms in total. The highest BCUT2D eigenvalue weighted by molar-refractivity contribution is 7.89. The summed E-state index contributed by atoms with van der Waals surface area (Å²) in [4.78, 5) is 38.4. The number of nitrogens with one attached hydrogen (secondary N) is 1. The molecule has 3 amide bonds. The van der Waals surface area contributed by atoms with Crippen LogP contribution in [0.2, 0.25) is 15.1 Å². The van der Waals surface area contributed by atoms with E-state index in [0.29, 0.717) is 27.1 Å². The van der Waals surface area contributed by atoms with Crippen molar-refractivity contribution in [1.29, 1.82) is 0 Å². The maximum atomic E-state index is 15.0. The molecule has 1 fully saturated rings. The van der Waals surface area contributed by atoms with Crippen molar-refractivity contribution in [2.24, 2.45) is 4.99 Å². The molecule has 16 heteroatoms. The summed E-state index contributed by atoms with van der Waals surface area (Å²) in [6, 6.07) is 15.0. The largest absolute Gasteiger partial charge is 0.493 e. The van der Waals surface area contributed by atoms with Gasteiger partial charge in [-0.25, -0.2) is 17.9 Å². The van der Waals surface area contributed by atoms with Crippen molar-refractivity contribution in [2.75, 3.05) is 32.8 Å². The lowest BCUT2D eigenvalue weighted by Crippen LogP contribution is -2.55. The lowest BCUT2D eigenvalue weighted by molar-refractivity contribution is 0.0644. The number of aromatic nitrogens is 1. The monoisotopic (exact) mass is 800 g/mol. The molecule has 2 aliphatic heterocycles. The molecule has 3 aromatic carbocycles. The molecule has 3 heterocycles. The Morgan fingerprint density at radius 2 is 1.51 bits per heavy atom. The normalized spacial score (nSPS) is 17.8. The predicted molar refractivity (Wildman–Crippen MR) is 204 cm³/mol. The molecule has 1 saturated heterocycles. The molecular weight excluding hydrogens is 763 g/mol. The Morgan fingerprint density at radius 1 is 0.925 bits per heavy atom. The minimum absolute atomic E-state index is 0.0515. The SMILES string of the molecule is CCOc1cc(Cl)c(S(=O)(=O)NC(C)C)cc1C1=N[C@@H](c2ccc(Cl)cc2)[C@@H](c2ccc(Cl)cc2)N1C(=O)N1CCN(C(=O)c2c(C)noc2C)CC1. The van der Waals surface area contributed by atoms with Gasteiger partial charge in [-0.15, -0.1) is 0 Å². The molecule has 280 valence electrons. The Kier molecular flexibility index (Phi) is 11.4. The number of ether oxygens (including phenoxy) is 1. The van der Waals surface area contributed by atoms with Crippen LogP contribution in [-0.4, -0.2) is 84.9 Å². The van der Waals surface area contributed by atoms with Crippen LogP contribution in [0.1, 0.15) is 71.4 Å². The molecule has 1 aromatic heterocycles. The zero-order chi connectivity index (χ0) is 38.2. The molecule has 6 rings (SSSR count). The van der Waals surface area contributed by atoms with E-state index < -0.39 is 34.2 Å². The molecule has 0 spiro atoms. The Balaban J connectivity index is 1.48. The zero-order valence-electron chi connectivity index (χ0n) is 29.8. The van der Waals surface area contributed by atoms with Crippen LogP contribution in [0.4, 0.5) is 4.79 Å². The summed E-state index contributed by atoms with van der Waals surface area (Å²) in [5, 5.41) is 4.91. The second kappa shape index (κ2) is 15.7. The van der Waals surface area contributed by atoms with Gasteiger partial charge in [0.15, 0.2) is 0 Å². The molecule has 0 aliphatic carbocycles. The summed E-state index contributed by atoms with van der Waals surface area (Å²) >= 11 is 19.2. The van der Waals surface area contributed by atoms with Gasteiger partial charge in [-0.05, 0) is 76.1 Å². The second-order valence-electron chi connectivity index (χ2n) is 13.1. The number of rotatable bonds is 9. The van der Waals surface area contributed by atoms with E-state index in [1.807, 2.05) is 24.3 Å². The maximum absolute atomic E-state index is 15.0. The van der Waals surface area contributed by atoms with E-state index in [1.165, 1.54) is 12.1 Å². The number of amidine groups is 1. The molecular formula is C37H39Cl3N6O6S. The van der Waals surface area contributed by atoms with Gasteiger partial charge in [-0.3, -0.25) is 14.7 Å². The van der Waals surface area contributed by atoms with Crippen molar-refractivity contribution >= 4 is 62.6 Å². The highest BCUT2D eigenvalue weighted by atomic mass is 35.5. The van der Waals surface area contributed by atoms with Crippen molar-refractivity contribution in [3.63, 3.8) is 0 Å². The standard InChI is InChI=1S/C37H39Cl3N6O6S/c1-6-51-30-20-29(40)31(53(49,50)43-21(2)3)19-28(30)35-41-33(24-7-11-26(38)12-8-24)34(25-9-13-27(39)14-10-25)46(35)37(48)45-17-15-44(16-18-45)36(47)32-22(4)42-52-23(32)5/h7-14,19-21,33-34,43H,6,15-18H2,1-5H3/t33-,34+/m0/s1. The van der Waals surface area contributed by atoms with Crippen molar-refractivity contribution in [3.8, 4) is 5.75 Å². The van der Waals surface area contributed by atoms with Crippen molar-refractivity contribution < 1.29 is 27.3 Å². The van der Waals surface area contributed by atoms with E-state index in [9.17, 15) is 13.2 Å². The van der Waals surface area contributed by atoms with Gasteiger partial charge in [-0.2, -0.15) is 0 Å². The summed E-state index contributed by atoms with van der Waals surface area (Å²) in [5.74, 6) is 0.648. The lowest BCUT2D eigenvalue weighted by atomic mass is 9.93. The minimum Gasteiger partial charge on any atom is -0.493 e. The van der Waals surface area contributed by atoms with Crippen LogP contribution < -0.4 is 9.46 Å². The quantitative estimate of drug-likeness (QED) is 0.186. The van der Waals surface area contributed by atoms with Gasteiger partial charge in [0, 0.05) is 48.3 Å². The van der Waals surface area contributed by atoms with E-state index in [0.717, 1.165) is 11.1 Å². The molecule has 1 N–H and O–H groups in total. The summed E-state index contributed by atoms with van der Waals surface area (Å²) in [5.41, 5.74) is 2.67. The molecule has 53 heavy (non-hydrogen) atoms. The molecule has 2 atom stereocenters. The third-order valence-corrected chi connectivity index (χ3v) is 11.7. The van der Waals surface area contributed by atoms with Gasteiger partial charge < -0.3 is 19.1 Å². The minimum atomic E-state index is -4.10. The summed E-state index contributed by atoms with van der Waals surface area (Å²) in [6.07, 6.45) is 0. The van der Waals surface area contributed by atoms with E-state index in [2.05, 4.69) is 9.88 Å². The summed E-state index contributed by atoms with van der Waals surface area (Å²) in [7, 11) is -4.10. The van der Waals surface area contributed by atoms with Crippen LogP contribution in [0.25, 0.3) is 0 Å². The van der Waals surface area contributed by atoms with E-state index in [1.54, 1.807) is 73.6 Å². The number of carbonyl (C=O) groups is 2. The number of urea groups is 1. The van der Waals surface area contributed by atoms with Crippen molar-refractivity contribution in [3.05, 3.63) is 109 Å². The Morgan fingerprint density at radius 3 is 2.06 bits per heavy atom. The third kappa shape index (κ3) is 7.90. The van der Waals surface area contributed by atoms with Gasteiger partial charge in [0.2, 0.25) is 10.0 Å². The van der Waals surface area contributed by atoms with E-state index >= 15 is 4.79 Å². The Bertz CT molecular complexity index is 2130. The molecule has 0 unspecified atom stereocenters. The average Bonchev–Trinajstić information content (AvgIpc) is 3.67. The number of aryl methyl sites for hydroxylation is 2. The highest BCUT2D eigenvalue weighted by Gasteiger charge is 2.45. The van der Waals surface area contributed by atoms with Crippen LogP contribution in [-0.2, 0) is 10.0 Å². The van der Waals surface area contributed by atoms with Gasteiger partial charge >= 0.3 is 6.03 Å². The highest BCUT2D eigenvalue weighted by Crippen LogP contribution is 2.46. The van der Waals surface area contributed by atoms with Crippen molar-refractivity contribution in [1.82, 2.24) is 24.6 Å². The first kappa shape index (κ1) is 38.6. The molecule has 0 radical (unpaired) electrons. The number of nitrogens with zero attached hydrogens (tertiary/aromatic N) is 5. The van der Waals surface area contributed by atoms with Crippen LogP contribution in [0.5, 0.6) is 5.75 Å². The number of halogens is 3. The summed E-state index contributed by atoms with van der Waals surface area (Å²) in [6.45, 7) is 9.79. The predicted octanol–water partition coefficient (Wildman–Crippen LogP) is 7.46. The fourth-order valence-electron chi connectivity index (χ4n) is 6.62. The number of hydrogen-bond donors (Lipinski definition) is 1. The van der Waals surface area contributed by atoms with Crippen LogP contribution in [0.15, 0.2) is 75.1 Å². The van der Waals surface area contributed by atoms with E-state index in [4.69, 9.17) is 49.1 Å². The number of benzene rings is 3. The third-order valence-electron chi connectivity index (χ3n) is 9.04. The first-order valence-corrected chi connectivity index (χ1v) is 19.7. The number of amides is 3. The fraction of sp³-hybridized carbons (Fsp3) is 0.351. The molecule has 2 aliphatic rings. The fourth-order valence-corrected chi connectivity index (χ4v) is 8.67. The number of aliphatic imine (C=N–C) groups is 1. The van der Waals surface area contributed by atoms with Gasteiger partial charge in [-0.1, -0.05) is 64.2 Å². The Hall–Kier alpha value is -4.14. The number of sulfonamides is 1. The summed E-state index contributed by atoms with van der Waals surface area (Å²) < 4.78 is 41.0. The molecule has 0 saturated carbocycles. The zero-order valence-corrected chi connectivity index (χ0v) is 32.9. The van der Waals surface area contributed by atoms with Crippen LogP contribution in [0, 0.1) is 13.8 Å². The first-order chi connectivity index (χ1) is 25.2. The number of hydrogen-bond acceptors (Lipinski definition) is 8. The smallest absolute Gasteiger partial charge is 0.326 e. The average molecular weight is 802 g/mol. The van der Waals surface area contributed by atoms with Crippen LogP contribution in [0.3, 0.4) is 0 Å². The van der Waals surface area contributed by atoms with E-state index in [-0.39, 0.29) is 65.8 Å². The number of carbonyl (C=O) groups excluding carboxylic acids is 2. The van der Waals surface area contributed by atoms with Crippen LogP contribution >= 0.6 is 34.8 Å². The van der Waals surface area contributed by atoms with Gasteiger partial charge in [0.25, 0.3) is 5.91 Å². The Labute approximate surface area is 323 Å². The second-order valence-corrected chi connectivity index (χ2v) is 16.0. The molecule has 0 bridgehead atoms. The number of piperazine rings is 1. The van der Waals surface area contributed by atoms with Gasteiger partial charge in [0.1, 0.15) is 33.8 Å². The lowest BCUT2D eigenvalue weighted by Gasteiger charge is -2.39. The first-order valence-electron chi connectivity index (χ1n) is 17.1.